The lowest BCUT2D eigenvalue weighted by atomic mass is 9.91. The van der Waals surface area contributed by atoms with E-state index in [1.165, 1.54) is 0 Å². The monoisotopic (exact) mass is 442 g/mol. The van der Waals surface area contributed by atoms with E-state index in [-0.39, 0.29) is 0 Å². The van der Waals surface area contributed by atoms with Gasteiger partial charge in [0.25, 0.3) is 0 Å². The Balaban J connectivity index is 1.69. The maximum absolute atomic E-state index is 12.5. The van der Waals surface area contributed by atoms with Crippen molar-refractivity contribution in [2.24, 2.45) is 5.73 Å². The number of carbonyl (C=O) groups is 1. The van der Waals surface area contributed by atoms with Crippen LogP contribution in [0.2, 0.25) is 5.02 Å². The van der Waals surface area contributed by atoms with Gasteiger partial charge in [0.2, 0.25) is 5.91 Å². The molecule has 1 unspecified atom stereocenters. The van der Waals surface area contributed by atoms with E-state index in [1.807, 2.05) is 72.8 Å². The lowest BCUT2D eigenvalue weighted by Crippen LogP contribution is -2.24. The van der Waals surface area contributed by atoms with Crippen molar-refractivity contribution in [3.05, 3.63) is 113 Å². The number of benzene rings is 2. The summed E-state index contributed by atoms with van der Waals surface area (Å²) in [6.07, 6.45) is 4.09. The molecule has 0 fully saturated rings. The summed E-state index contributed by atoms with van der Waals surface area (Å²) in [5.41, 5.74) is 10.2. The van der Waals surface area contributed by atoms with Gasteiger partial charge in [0.1, 0.15) is 5.82 Å². The lowest BCUT2D eigenvalue weighted by molar-refractivity contribution is -0.118. The number of anilines is 1. The van der Waals surface area contributed by atoms with Gasteiger partial charge >= 0.3 is 0 Å². The van der Waals surface area contributed by atoms with Crippen LogP contribution in [0.25, 0.3) is 11.3 Å². The van der Waals surface area contributed by atoms with E-state index in [1.54, 1.807) is 18.5 Å². The number of rotatable bonds is 8. The Bertz CT molecular complexity index is 1200. The highest BCUT2D eigenvalue weighted by atomic mass is 35.5. The van der Waals surface area contributed by atoms with Crippen LogP contribution in [-0.4, -0.2) is 22.4 Å². The second-order valence-electron chi connectivity index (χ2n) is 7.43. The number of amides is 1. The summed E-state index contributed by atoms with van der Waals surface area (Å²) in [6, 6.07) is 25.2. The van der Waals surface area contributed by atoms with Crippen LogP contribution in [0.15, 0.2) is 91.3 Å². The predicted molar refractivity (Wildman–Crippen MR) is 129 cm³/mol. The van der Waals surface area contributed by atoms with E-state index in [9.17, 15) is 4.79 Å². The van der Waals surface area contributed by atoms with Crippen LogP contribution in [0.1, 0.15) is 22.6 Å². The van der Waals surface area contributed by atoms with Gasteiger partial charge in [-0.25, -0.2) is 4.98 Å². The van der Waals surface area contributed by atoms with Crippen molar-refractivity contribution in [2.75, 3.05) is 11.9 Å². The molecule has 4 aromatic rings. The first-order valence-corrected chi connectivity index (χ1v) is 10.7. The molecule has 6 heteroatoms. The maximum atomic E-state index is 12.5. The molecule has 0 aliphatic heterocycles. The molecular weight excluding hydrogens is 420 g/mol. The van der Waals surface area contributed by atoms with Crippen molar-refractivity contribution in [3.63, 3.8) is 0 Å². The minimum absolute atomic E-state index is 0.454. The average molecular weight is 443 g/mol. The van der Waals surface area contributed by atoms with Gasteiger partial charge in [-0.15, -0.1) is 0 Å². The number of primary amides is 1. The number of halogens is 1. The Kier molecular flexibility index (Phi) is 6.78. The van der Waals surface area contributed by atoms with Crippen LogP contribution < -0.4 is 11.1 Å². The van der Waals surface area contributed by atoms with Crippen molar-refractivity contribution in [3.8, 4) is 11.3 Å². The van der Waals surface area contributed by atoms with Gasteiger partial charge in [0, 0.05) is 35.1 Å². The molecule has 0 saturated heterocycles. The fourth-order valence-corrected chi connectivity index (χ4v) is 3.89. The molecule has 2 heterocycles. The first kappa shape index (κ1) is 21.5. The summed E-state index contributed by atoms with van der Waals surface area (Å²) in [6.45, 7) is 0.622. The van der Waals surface area contributed by atoms with E-state index in [0.29, 0.717) is 17.4 Å². The fraction of sp³-hybridized carbons (Fsp3) is 0.115. The standard InChI is InChI=1S/C26H23ClN4O/c27-21-10-4-6-18(16-21)13-15-30-26-22(24(25(28)32)20-9-5-14-29-17-20)11-12-23(31-26)19-7-2-1-3-8-19/h1-12,14,16-17,24H,13,15H2,(H2,28,32)(H,30,31). The number of aromatic nitrogens is 2. The molecule has 0 aliphatic rings. The third kappa shape index (κ3) is 5.13. The van der Waals surface area contributed by atoms with Gasteiger partial charge in [0.05, 0.1) is 11.6 Å². The predicted octanol–water partition coefficient (Wildman–Crippen LogP) is 5.07. The van der Waals surface area contributed by atoms with E-state index in [2.05, 4.69) is 10.3 Å². The molecule has 160 valence electrons. The highest BCUT2D eigenvalue weighted by Crippen LogP contribution is 2.31. The summed E-state index contributed by atoms with van der Waals surface area (Å²) >= 11 is 6.11. The Morgan fingerprint density at radius 1 is 1.00 bits per heavy atom. The average Bonchev–Trinajstić information content (AvgIpc) is 2.81. The van der Waals surface area contributed by atoms with Crippen LogP contribution in [0, 0.1) is 0 Å². The number of nitrogens with zero attached hydrogens (tertiary/aromatic N) is 2. The SMILES string of the molecule is NC(=O)C(c1cccnc1)c1ccc(-c2ccccc2)nc1NCCc1cccc(Cl)c1. The van der Waals surface area contributed by atoms with Crippen LogP contribution in [-0.2, 0) is 11.2 Å². The van der Waals surface area contributed by atoms with E-state index >= 15 is 0 Å². The molecular formula is C26H23ClN4O. The van der Waals surface area contributed by atoms with E-state index < -0.39 is 11.8 Å². The van der Waals surface area contributed by atoms with Crippen molar-refractivity contribution in [1.29, 1.82) is 0 Å². The number of nitrogens with two attached hydrogens (primary N) is 1. The molecule has 4 rings (SSSR count). The topological polar surface area (TPSA) is 80.9 Å². The minimum Gasteiger partial charge on any atom is -0.369 e. The lowest BCUT2D eigenvalue weighted by Gasteiger charge is -2.19. The van der Waals surface area contributed by atoms with Crippen LogP contribution >= 0.6 is 11.6 Å². The smallest absolute Gasteiger partial charge is 0.229 e. The molecule has 1 atom stereocenters. The van der Waals surface area contributed by atoms with Crippen LogP contribution in [0.5, 0.6) is 0 Å². The Morgan fingerprint density at radius 2 is 1.84 bits per heavy atom. The van der Waals surface area contributed by atoms with Gasteiger partial charge in [-0.1, -0.05) is 66.2 Å². The van der Waals surface area contributed by atoms with Crippen molar-refractivity contribution in [2.45, 2.75) is 12.3 Å². The highest BCUT2D eigenvalue weighted by Gasteiger charge is 2.24. The van der Waals surface area contributed by atoms with Gasteiger partial charge < -0.3 is 11.1 Å². The molecule has 1 amide bonds. The number of pyridine rings is 2. The summed E-state index contributed by atoms with van der Waals surface area (Å²) in [5, 5.41) is 4.12. The largest absolute Gasteiger partial charge is 0.369 e. The molecule has 2 aromatic carbocycles. The highest BCUT2D eigenvalue weighted by molar-refractivity contribution is 6.30. The first-order valence-electron chi connectivity index (χ1n) is 10.4. The van der Waals surface area contributed by atoms with Crippen LogP contribution in [0.4, 0.5) is 5.82 Å². The normalized spacial score (nSPS) is 11.7. The molecule has 2 aromatic heterocycles. The Labute approximate surface area is 192 Å². The molecule has 32 heavy (non-hydrogen) atoms. The second-order valence-corrected chi connectivity index (χ2v) is 7.87. The van der Waals surface area contributed by atoms with Crippen molar-refractivity contribution >= 4 is 23.3 Å². The Morgan fingerprint density at radius 3 is 2.56 bits per heavy atom. The third-order valence-corrected chi connectivity index (χ3v) is 5.44. The van der Waals surface area contributed by atoms with Crippen molar-refractivity contribution < 1.29 is 4.79 Å². The molecule has 0 radical (unpaired) electrons. The van der Waals surface area contributed by atoms with Crippen LogP contribution in [0.3, 0.4) is 0 Å². The number of hydrogen-bond acceptors (Lipinski definition) is 4. The molecule has 0 bridgehead atoms. The minimum atomic E-state index is -0.658. The Hall–Kier alpha value is -3.70. The summed E-state index contributed by atoms with van der Waals surface area (Å²) in [7, 11) is 0. The number of hydrogen-bond donors (Lipinski definition) is 2. The second kappa shape index (κ2) is 10.1. The molecule has 0 saturated carbocycles. The summed E-state index contributed by atoms with van der Waals surface area (Å²) < 4.78 is 0. The summed E-state index contributed by atoms with van der Waals surface area (Å²) in [5.74, 6) is -0.485. The maximum Gasteiger partial charge on any atom is 0.229 e. The summed E-state index contributed by atoms with van der Waals surface area (Å²) in [4.78, 5) is 21.5. The third-order valence-electron chi connectivity index (χ3n) is 5.20. The molecule has 5 nitrogen and oxygen atoms in total. The number of nitrogens with one attached hydrogen (secondary N) is 1. The van der Waals surface area contributed by atoms with Crippen molar-refractivity contribution in [1.82, 2.24) is 9.97 Å². The van der Waals surface area contributed by atoms with Gasteiger partial charge in [-0.2, -0.15) is 0 Å². The van der Waals surface area contributed by atoms with E-state index in [0.717, 1.165) is 34.4 Å². The van der Waals surface area contributed by atoms with Gasteiger partial charge in [0.15, 0.2) is 0 Å². The quantitative estimate of drug-likeness (QED) is 0.399. The molecule has 3 N–H and O–H groups in total. The van der Waals surface area contributed by atoms with E-state index in [4.69, 9.17) is 22.3 Å². The molecule has 0 spiro atoms. The molecule has 0 aliphatic carbocycles. The zero-order valence-electron chi connectivity index (χ0n) is 17.4. The van der Waals surface area contributed by atoms with Gasteiger partial charge in [-0.05, 0) is 41.8 Å². The fourth-order valence-electron chi connectivity index (χ4n) is 3.68. The zero-order chi connectivity index (χ0) is 22.3. The van der Waals surface area contributed by atoms with Gasteiger partial charge in [-0.3, -0.25) is 9.78 Å². The zero-order valence-corrected chi connectivity index (χ0v) is 18.2. The first-order chi connectivity index (χ1) is 15.6. The number of carbonyl (C=O) groups excluding carboxylic acids is 1.